The molecule has 1 aliphatic rings. The smallest absolute Gasteiger partial charge is 0.187 e. The number of aromatic nitrogens is 1. The fraction of sp³-hybridized carbons (Fsp3) is 0.211. The number of fused-ring (bicyclic) bond motifs is 3. The quantitative estimate of drug-likeness (QED) is 0.609. The molecule has 1 aromatic heterocycles. The van der Waals surface area contributed by atoms with Crippen LogP contribution in [0.25, 0.3) is 11.3 Å². The highest BCUT2D eigenvalue weighted by Gasteiger charge is 2.22. The molecule has 3 aromatic rings. The minimum absolute atomic E-state index is 0.948. The molecule has 0 atom stereocenters. The first-order valence-corrected chi connectivity index (χ1v) is 9.45. The van der Waals surface area contributed by atoms with Gasteiger partial charge in [0.2, 0.25) is 0 Å². The predicted octanol–water partition coefficient (Wildman–Crippen LogP) is 5.73. The van der Waals surface area contributed by atoms with E-state index in [-0.39, 0.29) is 0 Å². The van der Waals surface area contributed by atoms with Crippen LogP contribution in [0.15, 0.2) is 40.9 Å². The molecule has 0 fully saturated rings. The molecule has 0 bridgehead atoms. The van der Waals surface area contributed by atoms with Gasteiger partial charge in [-0.2, -0.15) is 0 Å². The van der Waals surface area contributed by atoms with Crippen molar-refractivity contribution in [3.05, 3.63) is 56.9 Å². The van der Waals surface area contributed by atoms with Gasteiger partial charge in [0.15, 0.2) is 5.13 Å². The second kappa shape index (κ2) is 6.22. The van der Waals surface area contributed by atoms with E-state index < -0.39 is 0 Å². The molecule has 1 heterocycles. The summed E-state index contributed by atoms with van der Waals surface area (Å²) in [6.45, 7) is 2.08. The normalized spacial score (nSPS) is 12.5. The van der Waals surface area contributed by atoms with Crippen LogP contribution in [-0.4, -0.2) is 12.1 Å². The van der Waals surface area contributed by atoms with Gasteiger partial charge >= 0.3 is 0 Å². The maximum atomic E-state index is 5.46. The SMILES string of the molecule is COc1cc2c(cc1C)-c1nc(Nc3ccc(Br)cc3)sc1CC2. The lowest BCUT2D eigenvalue weighted by Crippen LogP contribution is -2.03. The van der Waals surface area contributed by atoms with Crippen molar-refractivity contribution < 1.29 is 4.74 Å². The van der Waals surface area contributed by atoms with E-state index >= 15 is 0 Å². The van der Waals surface area contributed by atoms with Crippen LogP contribution in [0.3, 0.4) is 0 Å². The first-order chi connectivity index (χ1) is 11.6. The molecule has 0 amide bonds. The van der Waals surface area contributed by atoms with Gasteiger partial charge < -0.3 is 10.1 Å². The molecule has 1 N–H and O–H groups in total. The number of halogens is 1. The Morgan fingerprint density at radius 1 is 1.17 bits per heavy atom. The number of thiazole rings is 1. The maximum absolute atomic E-state index is 5.46. The van der Waals surface area contributed by atoms with Gasteiger partial charge in [-0.1, -0.05) is 15.9 Å². The largest absolute Gasteiger partial charge is 0.496 e. The van der Waals surface area contributed by atoms with Crippen molar-refractivity contribution >= 4 is 38.1 Å². The highest BCUT2D eigenvalue weighted by molar-refractivity contribution is 9.10. The molecule has 4 rings (SSSR count). The third kappa shape index (κ3) is 2.82. The number of hydrogen-bond donors (Lipinski definition) is 1. The minimum atomic E-state index is 0.948. The molecule has 3 nitrogen and oxygen atoms in total. The highest BCUT2D eigenvalue weighted by atomic mass is 79.9. The van der Waals surface area contributed by atoms with Crippen LogP contribution in [0.4, 0.5) is 10.8 Å². The molecule has 1 aliphatic carbocycles. The summed E-state index contributed by atoms with van der Waals surface area (Å²) in [6.07, 6.45) is 2.08. The molecule has 24 heavy (non-hydrogen) atoms. The lowest BCUT2D eigenvalue weighted by Gasteiger charge is -2.17. The average Bonchev–Trinajstić information content (AvgIpc) is 2.99. The zero-order valence-electron chi connectivity index (χ0n) is 13.5. The fourth-order valence-corrected chi connectivity index (χ4v) is 4.33. The van der Waals surface area contributed by atoms with Gasteiger partial charge in [-0.15, -0.1) is 11.3 Å². The molecule has 122 valence electrons. The van der Waals surface area contributed by atoms with Crippen molar-refractivity contribution in [1.82, 2.24) is 4.98 Å². The van der Waals surface area contributed by atoms with Crippen LogP contribution in [0.1, 0.15) is 16.0 Å². The Hall–Kier alpha value is -1.85. The van der Waals surface area contributed by atoms with Crippen LogP contribution >= 0.6 is 27.3 Å². The van der Waals surface area contributed by atoms with E-state index in [1.54, 1.807) is 18.4 Å². The number of aryl methyl sites for hydroxylation is 3. The van der Waals surface area contributed by atoms with Crippen molar-refractivity contribution in [3.63, 3.8) is 0 Å². The van der Waals surface area contributed by atoms with Crippen LogP contribution in [-0.2, 0) is 12.8 Å². The fourth-order valence-electron chi connectivity index (χ4n) is 3.07. The van der Waals surface area contributed by atoms with Crippen molar-refractivity contribution in [2.75, 3.05) is 12.4 Å². The standard InChI is InChI=1S/C19H17BrN2OS/c1-11-9-15-12(10-16(11)23-2)3-8-17-18(15)22-19(24-17)21-14-6-4-13(20)5-7-14/h4-7,9-10H,3,8H2,1-2H3,(H,21,22). The van der Waals surface area contributed by atoms with Crippen molar-refractivity contribution in [3.8, 4) is 17.0 Å². The first-order valence-electron chi connectivity index (χ1n) is 7.84. The van der Waals surface area contributed by atoms with Gasteiger partial charge in [-0.25, -0.2) is 4.98 Å². The van der Waals surface area contributed by atoms with E-state index in [0.29, 0.717) is 0 Å². The number of methoxy groups -OCH3 is 1. The second-order valence-electron chi connectivity index (χ2n) is 5.90. The average molecular weight is 401 g/mol. The van der Waals surface area contributed by atoms with Crippen LogP contribution in [0, 0.1) is 6.92 Å². The van der Waals surface area contributed by atoms with Crippen molar-refractivity contribution in [2.24, 2.45) is 0 Å². The second-order valence-corrected chi connectivity index (χ2v) is 7.90. The summed E-state index contributed by atoms with van der Waals surface area (Å²) in [6, 6.07) is 12.5. The number of hydrogen-bond acceptors (Lipinski definition) is 4. The van der Waals surface area contributed by atoms with E-state index in [0.717, 1.165) is 45.1 Å². The van der Waals surface area contributed by atoms with Crippen molar-refractivity contribution in [1.29, 1.82) is 0 Å². The van der Waals surface area contributed by atoms with Gasteiger partial charge in [0.1, 0.15) is 5.75 Å². The van der Waals surface area contributed by atoms with Crippen LogP contribution in [0.5, 0.6) is 5.75 Å². The lowest BCUT2D eigenvalue weighted by molar-refractivity contribution is 0.411. The van der Waals surface area contributed by atoms with Gasteiger partial charge in [-0.3, -0.25) is 0 Å². The van der Waals surface area contributed by atoms with E-state index in [1.165, 1.54) is 16.0 Å². The predicted molar refractivity (Wildman–Crippen MR) is 104 cm³/mol. The third-order valence-electron chi connectivity index (χ3n) is 4.29. The van der Waals surface area contributed by atoms with Gasteiger partial charge in [0.05, 0.1) is 12.8 Å². The maximum Gasteiger partial charge on any atom is 0.187 e. The summed E-state index contributed by atoms with van der Waals surface area (Å²) >= 11 is 5.21. The summed E-state index contributed by atoms with van der Waals surface area (Å²) in [4.78, 5) is 6.21. The Labute approximate surface area is 153 Å². The Kier molecular flexibility index (Phi) is 4.06. The van der Waals surface area contributed by atoms with E-state index in [4.69, 9.17) is 9.72 Å². The molecule has 5 heteroatoms. The minimum Gasteiger partial charge on any atom is -0.496 e. The number of rotatable bonds is 3. The molecule has 0 aliphatic heterocycles. The molecule has 0 spiro atoms. The van der Waals surface area contributed by atoms with Crippen LogP contribution in [0.2, 0.25) is 0 Å². The van der Waals surface area contributed by atoms with E-state index in [9.17, 15) is 0 Å². The highest BCUT2D eigenvalue weighted by Crippen LogP contribution is 2.41. The van der Waals surface area contributed by atoms with Gasteiger partial charge in [0.25, 0.3) is 0 Å². The molecule has 2 aromatic carbocycles. The number of nitrogens with zero attached hydrogens (tertiary/aromatic N) is 1. The van der Waals surface area contributed by atoms with E-state index in [1.807, 2.05) is 24.3 Å². The zero-order valence-corrected chi connectivity index (χ0v) is 15.9. The molecule has 0 saturated heterocycles. The zero-order chi connectivity index (χ0) is 16.7. The van der Waals surface area contributed by atoms with E-state index in [2.05, 4.69) is 40.3 Å². The van der Waals surface area contributed by atoms with Crippen LogP contribution < -0.4 is 10.1 Å². The Morgan fingerprint density at radius 3 is 2.71 bits per heavy atom. The monoisotopic (exact) mass is 400 g/mol. The first kappa shape index (κ1) is 15.7. The molecule has 0 unspecified atom stereocenters. The van der Waals surface area contributed by atoms with Crippen molar-refractivity contribution in [2.45, 2.75) is 19.8 Å². The lowest BCUT2D eigenvalue weighted by atomic mass is 9.91. The Bertz CT molecular complexity index is 902. The summed E-state index contributed by atoms with van der Waals surface area (Å²) < 4.78 is 6.53. The summed E-state index contributed by atoms with van der Waals surface area (Å²) in [5.41, 5.74) is 5.89. The summed E-state index contributed by atoms with van der Waals surface area (Å²) in [5.74, 6) is 0.959. The number of anilines is 2. The summed E-state index contributed by atoms with van der Waals surface area (Å²) in [5, 5.41) is 4.37. The topological polar surface area (TPSA) is 34.1 Å². The van der Waals surface area contributed by atoms with Gasteiger partial charge in [-0.05, 0) is 67.3 Å². The molecule has 0 saturated carbocycles. The van der Waals surface area contributed by atoms with Gasteiger partial charge in [0, 0.05) is 20.6 Å². The molecule has 0 radical (unpaired) electrons. The molecular weight excluding hydrogens is 384 g/mol. The third-order valence-corrected chi connectivity index (χ3v) is 5.85. The number of ether oxygens (including phenoxy) is 1. The Morgan fingerprint density at radius 2 is 1.96 bits per heavy atom. The summed E-state index contributed by atoms with van der Waals surface area (Å²) in [7, 11) is 1.73. The number of nitrogens with one attached hydrogen (secondary N) is 1. The Balaban J connectivity index is 1.70. The molecular formula is C19H17BrN2OS. The number of benzene rings is 2.